The van der Waals surface area contributed by atoms with E-state index in [9.17, 15) is 0 Å². The number of alkyl halides is 1. The minimum atomic E-state index is 0.468. The zero-order valence-electron chi connectivity index (χ0n) is 9.22. The molecule has 3 unspecified atom stereocenters. The first-order chi connectivity index (χ1) is 6.09. The van der Waals surface area contributed by atoms with E-state index in [1.165, 1.54) is 32.1 Å². The molecule has 0 aromatic rings. The molecule has 1 aliphatic rings. The highest BCUT2D eigenvalue weighted by atomic mass is 35.5. The third-order valence-electron chi connectivity index (χ3n) is 3.27. The number of rotatable bonds is 3. The fraction of sp³-hybridized carbons (Fsp3) is 1.00. The first-order valence-corrected chi connectivity index (χ1v) is 6.17. The summed E-state index contributed by atoms with van der Waals surface area (Å²) in [7, 11) is 0. The smallest absolute Gasteiger partial charge is 0.0364 e. The highest BCUT2D eigenvalue weighted by Crippen LogP contribution is 2.35. The molecule has 1 fully saturated rings. The van der Waals surface area contributed by atoms with Gasteiger partial charge in [-0.1, -0.05) is 27.2 Å². The second-order valence-electron chi connectivity index (χ2n) is 5.17. The van der Waals surface area contributed by atoms with Crippen molar-refractivity contribution in [2.24, 2.45) is 17.8 Å². The molecular weight excluding hydrogens is 180 g/mol. The SMILES string of the molecule is CC(C)CCC1CC(C)CCC1Cl. The van der Waals surface area contributed by atoms with Gasteiger partial charge in [-0.3, -0.25) is 0 Å². The molecule has 13 heavy (non-hydrogen) atoms. The summed E-state index contributed by atoms with van der Waals surface area (Å²) in [5.41, 5.74) is 0. The Hall–Kier alpha value is 0.290. The van der Waals surface area contributed by atoms with Gasteiger partial charge in [-0.2, -0.15) is 0 Å². The van der Waals surface area contributed by atoms with Crippen LogP contribution in [-0.4, -0.2) is 5.38 Å². The largest absolute Gasteiger partial charge is 0.123 e. The van der Waals surface area contributed by atoms with Gasteiger partial charge in [-0.05, 0) is 43.4 Å². The van der Waals surface area contributed by atoms with Crippen LogP contribution in [0.4, 0.5) is 0 Å². The van der Waals surface area contributed by atoms with E-state index >= 15 is 0 Å². The molecule has 0 aromatic heterocycles. The highest BCUT2D eigenvalue weighted by Gasteiger charge is 2.26. The molecule has 3 atom stereocenters. The predicted molar refractivity (Wildman–Crippen MR) is 60.2 cm³/mol. The fourth-order valence-electron chi connectivity index (χ4n) is 2.31. The van der Waals surface area contributed by atoms with Crippen LogP contribution in [0.5, 0.6) is 0 Å². The lowest BCUT2D eigenvalue weighted by atomic mass is 9.79. The minimum Gasteiger partial charge on any atom is -0.123 e. The summed E-state index contributed by atoms with van der Waals surface area (Å²) in [6.45, 7) is 6.97. The summed E-state index contributed by atoms with van der Waals surface area (Å²) in [6, 6.07) is 0. The van der Waals surface area contributed by atoms with E-state index in [0.29, 0.717) is 5.38 Å². The van der Waals surface area contributed by atoms with Crippen LogP contribution in [0.2, 0.25) is 0 Å². The molecule has 1 aliphatic carbocycles. The van der Waals surface area contributed by atoms with Gasteiger partial charge in [0.1, 0.15) is 0 Å². The predicted octanol–water partition coefficient (Wildman–Crippen LogP) is 4.47. The van der Waals surface area contributed by atoms with Crippen molar-refractivity contribution in [1.29, 1.82) is 0 Å². The van der Waals surface area contributed by atoms with Gasteiger partial charge in [0.25, 0.3) is 0 Å². The third kappa shape index (κ3) is 3.89. The Balaban J connectivity index is 2.29. The Morgan fingerprint density at radius 2 is 2.00 bits per heavy atom. The Morgan fingerprint density at radius 1 is 1.31 bits per heavy atom. The Bertz CT molecular complexity index is 142. The Labute approximate surface area is 88.1 Å². The van der Waals surface area contributed by atoms with E-state index in [2.05, 4.69) is 20.8 Å². The quantitative estimate of drug-likeness (QED) is 0.593. The number of hydrogen-bond donors (Lipinski definition) is 0. The lowest BCUT2D eigenvalue weighted by molar-refractivity contribution is 0.263. The van der Waals surface area contributed by atoms with E-state index in [1.807, 2.05) is 0 Å². The summed E-state index contributed by atoms with van der Waals surface area (Å²) in [5, 5.41) is 0.468. The van der Waals surface area contributed by atoms with Gasteiger partial charge in [0.05, 0.1) is 0 Å². The second-order valence-corrected chi connectivity index (χ2v) is 5.73. The van der Waals surface area contributed by atoms with E-state index in [0.717, 1.165) is 17.8 Å². The van der Waals surface area contributed by atoms with Crippen molar-refractivity contribution >= 4 is 11.6 Å². The van der Waals surface area contributed by atoms with Crippen LogP contribution >= 0.6 is 11.6 Å². The molecule has 0 radical (unpaired) electrons. The summed E-state index contributed by atoms with van der Waals surface area (Å²) in [4.78, 5) is 0. The minimum absolute atomic E-state index is 0.468. The van der Waals surface area contributed by atoms with Crippen molar-refractivity contribution in [1.82, 2.24) is 0 Å². The molecule has 1 saturated carbocycles. The van der Waals surface area contributed by atoms with Gasteiger partial charge in [-0.15, -0.1) is 11.6 Å². The van der Waals surface area contributed by atoms with Crippen LogP contribution in [-0.2, 0) is 0 Å². The van der Waals surface area contributed by atoms with Gasteiger partial charge in [-0.25, -0.2) is 0 Å². The molecule has 1 rings (SSSR count). The van der Waals surface area contributed by atoms with Gasteiger partial charge in [0, 0.05) is 5.38 Å². The van der Waals surface area contributed by atoms with Crippen molar-refractivity contribution in [2.75, 3.05) is 0 Å². The van der Waals surface area contributed by atoms with Crippen LogP contribution in [0, 0.1) is 17.8 Å². The Morgan fingerprint density at radius 3 is 2.62 bits per heavy atom. The molecular formula is C12H23Cl. The van der Waals surface area contributed by atoms with Gasteiger partial charge in [0.15, 0.2) is 0 Å². The zero-order valence-corrected chi connectivity index (χ0v) is 9.98. The molecule has 78 valence electrons. The van der Waals surface area contributed by atoms with Crippen LogP contribution in [0.25, 0.3) is 0 Å². The summed E-state index contributed by atoms with van der Waals surface area (Å²) in [5.74, 6) is 2.54. The molecule has 0 saturated heterocycles. The average Bonchev–Trinajstić information content (AvgIpc) is 2.06. The highest BCUT2D eigenvalue weighted by molar-refractivity contribution is 6.20. The topological polar surface area (TPSA) is 0 Å². The molecule has 0 N–H and O–H groups in total. The zero-order chi connectivity index (χ0) is 9.84. The van der Waals surface area contributed by atoms with E-state index in [1.54, 1.807) is 0 Å². The third-order valence-corrected chi connectivity index (χ3v) is 3.84. The molecule has 0 bridgehead atoms. The molecule has 0 spiro atoms. The number of halogens is 1. The maximum absolute atomic E-state index is 6.33. The van der Waals surface area contributed by atoms with E-state index in [-0.39, 0.29) is 0 Å². The monoisotopic (exact) mass is 202 g/mol. The van der Waals surface area contributed by atoms with Crippen molar-refractivity contribution < 1.29 is 0 Å². The normalized spacial score (nSPS) is 35.3. The van der Waals surface area contributed by atoms with Gasteiger partial charge < -0.3 is 0 Å². The molecule has 0 amide bonds. The molecule has 1 heteroatoms. The van der Waals surface area contributed by atoms with Crippen LogP contribution in [0.3, 0.4) is 0 Å². The van der Waals surface area contributed by atoms with Crippen molar-refractivity contribution in [2.45, 2.75) is 58.3 Å². The summed E-state index contributed by atoms with van der Waals surface area (Å²) in [6.07, 6.45) is 6.63. The van der Waals surface area contributed by atoms with Crippen molar-refractivity contribution in [3.63, 3.8) is 0 Å². The average molecular weight is 203 g/mol. The maximum atomic E-state index is 6.33. The Kier molecular flexibility index (Phi) is 4.58. The standard InChI is InChI=1S/C12H23Cl/c1-9(2)4-6-11-8-10(3)5-7-12(11)13/h9-12H,4-8H2,1-3H3. The van der Waals surface area contributed by atoms with Crippen LogP contribution < -0.4 is 0 Å². The van der Waals surface area contributed by atoms with Crippen molar-refractivity contribution in [3.8, 4) is 0 Å². The lowest BCUT2D eigenvalue weighted by Crippen LogP contribution is -2.24. The summed E-state index contributed by atoms with van der Waals surface area (Å²) < 4.78 is 0. The molecule has 0 aliphatic heterocycles. The fourth-order valence-corrected chi connectivity index (χ4v) is 2.66. The van der Waals surface area contributed by atoms with E-state index < -0.39 is 0 Å². The van der Waals surface area contributed by atoms with Crippen LogP contribution in [0.1, 0.15) is 52.9 Å². The maximum Gasteiger partial charge on any atom is 0.0364 e. The molecule has 0 heterocycles. The summed E-state index contributed by atoms with van der Waals surface area (Å²) >= 11 is 6.33. The van der Waals surface area contributed by atoms with Crippen molar-refractivity contribution in [3.05, 3.63) is 0 Å². The lowest BCUT2D eigenvalue weighted by Gasteiger charge is -2.31. The van der Waals surface area contributed by atoms with Gasteiger partial charge in [0.2, 0.25) is 0 Å². The number of hydrogen-bond acceptors (Lipinski definition) is 0. The van der Waals surface area contributed by atoms with E-state index in [4.69, 9.17) is 11.6 Å². The van der Waals surface area contributed by atoms with Crippen LogP contribution in [0.15, 0.2) is 0 Å². The molecule has 0 aromatic carbocycles. The first-order valence-electron chi connectivity index (χ1n) is 5.73. The van der Waals surface area contributed by atoms with Gasteiger partial charge >= 0.3 is 0 Å². The second kappa shape index (κ2) is 5.24. The first kappa shape index (κ1) is 11.4. The molecule has 0 nitrogen and oxygen atoms in total.